The van der Waals surface area contributed by atoms with E-state index in [9.17, 15) is 9.59 Å². The quantitative estimate of drug-likeness (QED) is 0.454. The molecule has 0 aromatic carbocycles. The van der Waals surface area contributed by atoms with E-state index in [0.717, 1.165) is 0 Å². The van der Waals surface area contributed by atoms with Crippen LogP contribution in [0.3, 0.4) is 0 Å². The number of carbonyl (C=O) groups excluding carboxylic acids is 2. The highest BCUT2D eigenvalue weighted by atomic mass is 127. The molecule has 4 nitrogen and oxygen atoms in total. The Kier molecular flexibility index (Phi) is 7.12. The minimum Gasteiger partial charge on any atom is -0.466 e. The first-order chi connectivity index (χ1) is 5.70. The molecule has 0 rings (SSSR count). The number of rotatable bonds is 5. The van der Waals surface area contributed by atoms with Crippen molar-refractivity contribution in [1.29, 1.82) is 0 Å². The van der Waals surface area contributed by atoms with Crippen LogP contribution < -0.4 is 5.32 Å². The minimum absolute atomic E-state index is 0.0556. The SMILES string of the molecule is CCOC(=O)CCNC(=O)CI. The van der Waals surface area contributed by atoms with E-state index >= 15 is 0 Å². The molecule has 0 aromatic heterocycles. The average Bonchev–Trinajstić information content (AvgIpc) is 2.04. The summed E-state index contributed by atoms with van der Waals surface area (Å²) in [6.07, 6.45) is 0.246. The van der Waals surface area contributed by atoms with Crippen LogP contribution >= 0.6 is 22.6 Å². The lowest BCUT2D eigenvalue weighted by Gasteiger charge is -2.02. The summed E-state index contributed by atoms with van der Waals surface area (Å²) in [4.78, 5) is 21.4. The largest absolute Gasteiger partial charge is 0.466 e. The molecular weight excluding hydrogens is 273 g/mol. The molecule has 0 saturated carbocycles. The van der Waals surface area contributed by atoms with Crippen molar-refractivity contribution in [3.63, 3.8) is 0 Å². The minimum atomic E-state index is -0.272. The van der Waals surface area contributed by atoms with Gasteiger partial charge in [-0.3, -0.25) is 9.59 Å². The van der Waals surface area contributed by atoms with Gasteiger partial charge in [-0.1, -0.05) is 22.6 Å². The van der Waals surface area contributed by atoms with Gasteiger partial charge in [-0.25, -0.2) is 0 Å². The van der Waals surface area contributed by atoms with E-state index < -0.39 is 0 Å². The number of hydrogen-bond donors (Lipinski definition) is 1. The fourth-order valence-corrected chi connectivity index (χ4v) is 0.854. The van der Waals surface area contributed by atoms with E-state index in [4.69, 9.17) is 0 Å². The fourth-order valence-electron chi connectivity index (χ4n) is 0.584. The highest BCUT2D eigenvalue weighted by Crippen LogP contribution is 1.85. The van der Waals surface area contributed by atoms with Gasteiger partial charge in [0.05, 0.1) is 17.5 Å². The Morgan fingerprint density at radius 1 is 1.50 bits per heavy atom. The van der Waals surface area contributed by atoms with Gasteiger partial charge in [0.1, 0.15) is 0 Å². The first-order valence-corrected chi connectivity index (χ1v) is 5.21. The predicted octanol–water partition coefficient (Wildman–Crippen LogP) is 0.491. The lowest BCUT2D eigenvalue weighted by Crippen LogP contribution is -2.27. The van der Waals surface area contributed by atoms with Crippen molar-refractivity contribution in [2.24, 2.45) is 0 Å². The first-order valence-electron chi connectivity index (χ1n) is 3.69. The summed E-state index contributed by atoms with van der Waals surface area (Å²) in [7, 11) is 0. The van der Waals surface area contributed by atoms with Crippen LogP contribution in [-0.4, -0.2) is 29.5 Å². The lowest BCUT2D eigenvalue weighted by molar-refractivity contribution is -0.142. The molecule has 0 fully saturated rings. The summed E-state index contributed by atoms with van der Waals surface area (Å²) in [6.45, 7) is 2.50. The molecule has 70 valence electrons. The third-order valence-electron chi connectivity index (χ3n) is 1.08. The topological polar surface area (TPSA) is 55.4 Å². The van der Waals surface area contributed by atoms with Crippen molar-refractivity contribution in [1.82, 2.24) is 5.32 Å². The molecule has 5 heteroatoms. The van der Waals surface area contributed by atoms with E-state index in [1.54, 1.807) is 6.92 Å². The van der Waals surface area contributed by atoms with Gasteiger partial charge in [-0.05, 0) is 6.92 Å². The Morgan fingerprint density at radius 2 is 2.17 bits per heavy atom. The molecule has 0 aliphatic heterocycles. The van der Waals surface area contributed by atoms with E-state index in [1.807, 2.05) is 22.6 Å². The zero-order chi connectivity index (χ0) is 9.40. The molecule has 0 atom stereocenters. The number of carbonyl (C=O) groups is 2. The lowest BCUT2D eigenvalue weighted by atomic mass is 10.4. The highest BCUT2D eigenvalue weighted by molar-refractivity contribution is 14.1. The molecule has 0 aromatic rings. The maximum atomic E-state index is 10.7. The standard InChI is InChI=1S/C7H12INO3/c1-2-12-7(11)3-4-9-6(10)5-8/h2-5H2,1H3,(H,9,10). The summed E-state index contributed by atoms with van der Waals surface area (Å²) < 4.78 is 5.08. The van der Waals surface area contributed by atoms with Crippen molar-refractivity contribution < 1.29 is 14.3 Å². The molecule has 0 aliphatic carbocycles. The summed E-state index contributed by atoms with van der Waals surface area (Å²) in [5, 5.41) is 2.57. The van der Waals surface area contributed by atoms with Crippen LogP contribution in [0.15, 0.2) is 0 Å². The zero-order valence-electron chi connectivity index (χ0n) is 6.93. The maximum absolute atomic E-state index is 10.7. The Labute approximate surface area is 85.2 Å². The third kappa shape index (κ3) is 6.38. The molecule has 12 heavy (non-hydrogen) atoms. The third-order valence-corrected chi connectivity index (χ3v) is 1.77. The van der Waals surface area contributed by atoms with E-state index in [1.165, 1.54) is 0 Å². The molecule has 0 aliphatic rings. The predicted molar refractivity (Wildman–Crippen MR) is 53.1 cm³/mol. The first kappa shape index (κ1) is 11.7. The normalized spacial score (nSPS) is 9.17. The molecule has 0 saturated heterocycles. The number of halogens is 1. The summed E-state index contributed by atoms with van der Waals surface area (Å²) in [5.41, 5.74) is 0. The van der Waals surface area contributed by atoms with Gasteiger partial charge in [0.15, 0.2) is 0 Å². The van der Waals surface area contributed by atoms with Crippen molar-refractivity contribution in [2.75, 3.05) is 17.6 Å². The van der Waals surface area contributed by atoms with Gasteiger partial charge in [0, 0.05) is 6.54 Å². The molecule has 0 spiro atoms. The Balaban J connectivity index is 3.30. The van der Waals surface area contributed by atoms with Crippen LogP contribution in [0.4, 0.5) is 0 Å². The van der Waals surface area contributed by atoms with Crippen molar-refractivity contribution >= 4 is 34.5 Å². The second-order valence-electron chi connectivity index (χ2n) is 2.04. The van der Waals surface area contributed by atoms with Crippen LogP contribution in [0.25, 0.3) is 0 Å². The highest BCUT2D eigenvalue weighted by Gasteiger charge is 2.02. The number of nitrogens with one attached hydrogen (secondary N) is 1. The van der Waals surface area contributed by atoms with Crippen LogP contribution in [0, 0.1) is 0 Å². The number of esters is 1. The monoisotopic (exact) mass is 285 g/mol. The van der Waals surface area contributed by atoms with Crippen LogP contribution in [0.2, 0.25) is 0 Å². The number of hydrogen-bond acceptors (Lipinski definition) is 3. The van der Waals surface area contributed by atoms with Gasteiger partial charge >= 0.3 is 5.97 Å². The summed E-state index contributed by atoms with van der Waals surface area (Å²) >= 11 is 1.96. The van der Waals surface area contributed by atoms with E-state index in [-0.39, 0.29) is 18.3 Å². The van der Waals surface area contributed by atoms with E-state index in [0.29, 0.717) is 17.6 Å². The molecule has 0 heterocycles. The molecule has 0 bridgehead atoms. The van der Waals surface area contributed by atoms with Gasteiger partial charge in [-0.15, -0.1) is 0 Å². The van der Waals surface area contributed by atoms with Gasteiger partial charge in [-0.2, -0.15) is 0 Å². The Bertz CT molecular complexity index is 161. The van der Waals surface area contributed by atoms with Gasteiger partial charge < -0.3 is 10.1 Å². The second kappa shape index (κ2) is 7.33. The van der Waals surface area contributed by atoms with Crippen molar-refractivity contribution in [2.45, 2.75) is 13.3 Å². The van der Waals surface area contributed by atoms with Gasteiger partial charge in [0.2, 0.25) is 5.91 Å². The molecular formula is C7H12INO3. The van der Waals surface area contributed by atoms with Crippen LogP contribution in [0.5, 0.6) is 0 Å². The molecule has 1 N–H and O–H groups in total. The average molecular weight is 285 g/mol. The van der Waals surface area contributed by atoms with E-state index in [2.05, 4.69) is 10.1 Å². The van der Waals surface area contributed by atoms with Crippen LogP contribution in [0.1, 0.15) is 13.3 Å². The zero-order valence-corrected chi connectivity index (χ0v) is 9.09. The number of amides is 1. The maximum Gasteiger partial charge on any atom is 0.307 e. The number of ether oxygens (including phenoxy) is 1. The number of alkyl halides is 1. The summed E-state index contributed by atoms with van der Waals surface area (Å²) in [5.74, 6) is -0.328. The molecule has 0 unspecified atom stereocenters. The van der Waals surface area contributed by atoms with Crippen molar-refractivity contribution in [3.05, 3.63) is 0 Å². The molecule has 0 radical (unpaired) electrons. The smallest absolute Gasteiger partial charge is 0.307 e. The fraction of sp³-hybridized carbons (Fsp3) is 0.714. The molecule has 1 amide bonds. The Morgan fingerprint density at radius 3 is 2.67 bits per heavy atom. The summed E-state index contributed by atoms with van der Waals surface area (Å²) in [6, 6.07) is 0. The van der Waals surface area contributed by atoms with Crippen LogP contribution in [-0.2, 0) is 14.3 Å². The van der Waals surface area contributed by atoms with Crippen molar-refractivity contribution in [3.8, 4) is 0 Å². The Hall–Kier alpha value is -0.330. The van der Waals surface area contributed by atoms with Gasteiger partial charge in [0.25, 0.3) is 0 Å². The second-order valence-corrected chi connectivity index (χ2v) is 2.80.